The Balaban J connectivity index is 2.31. The molecule has 0 spiro atoms. The van der Waals surface area contributed by atoms with Gasteiger partial charge in [-0.25, -0.2) is 0 Å². The number of rotatable bonds is 6. The number of pyridine rings is 1. The lowest BCUT2D eigenvalue weighted by molar-refractivity contribution is 0.241. The molecule has 3 heteroatoms. The van der Waals surface area contributed by atoms with E-state index in [9.17, 15) is 0 Å². The molecule has 0 saturated carbocycles. The summed E-state index contributed by atoms with van der Waals surface area (Å²) in [6.07, 6.45) is 3.80. The van der Waals surface area contributed by atoms with Crippen LogP contribution in [0.5, 0.6) is 5.75 Å². The van der Waals surface area contributed by atoms with E-state index in [1.54, 1.807) is 6.20 Å². The van der Waals surface area contributed by atoms with E-state index < -0.39 is 0 Å². The van der Waals surface area contributed by atoms with Crippen LogP contribution in [-0.2, 0) is 6.54 Å². The van der Waals surface area contributed by atoms with Gasteiger partial charge in [0, 0.05) is 18.3 Å². The van der Waals surface area contributed by atoms with Crippen LogP contribution in [0.3, 0.4) is 0 Å². The summed E-state index contributed by atoms with van der Waals surface area (Å²) in [5, 5.41) is 3.37. The van der Waals surface area contributed by atoms with Crippen LogP contribution in [0.15, 0.2) is 42.7 Å². The summed E-state index contributed by atoms with van der Waals surface area (Å²) in [6, 6.07) is 10.5. The van der Waals surface area contributed by atoms with E-state index in [1.165, 1.54) is 11.1 Å². The van der Waals surface area contributed by atoms with Crippen molar-refractivity contribution < 1.29 is 4.74 Å². The first-order valence-corrected chi connectivity index (χ1v) is 7.11. The smallest absolute Gasteiger partial charge is 0.138 e. The quantitative estimate of drug-likeness (QED) is 0.870. The number of benzene rings is 1. The van der Waals surface area contributed by atoms with Gasteiger partial charge in [-0.3, -0.25) is 4.98 Å². The molecule has 0 bridgehead atoms. The fraction of sp³-hybridized carbons (Fsp3) is 0.353. The molecule has 20 heavy (non-hydrogen) atoms. The molecule has 3 nitrogen and oxygen atoms in total. The van der Waals surface area contributed by atoms with E-state index in [1.807, 2.05) is 20.0 Å². The highest BCUT2D eigenvalue weighted by atomic mass is 16.5. The SMILES string of the molecule is CCNCc1ccccc1-c1cncc(OC(C)C)c1. The summed E-state index contributed by atoms with van der Waals surface area (Å²) in [7, 11) is 0. The van der Waals surface area contributed by atoms with Gasteiger partial charge in [0.05, 0.1) is 12.3 Å². The highest BCUT2D eigenvalue weighted by molar-refractivity contribution is 5.67. The van der Waals surface area contributed by atoms with Crippen molar-refractivity contribution in [2.75, 3.05) is 6.54 Å². The largest absolute Gasteiger partial charge is 0.489 e. The monoisotopic (exact) mass is 270 g/mol. The lowest BCUT2D eigenvalue weighted by Crippen LogP contribution is -2.12. The molecule has 1 aromatic heterocycles. The van der Waals surface area contributed by atoms with E-state index in [-0.39, 0.29) is 6.10 Å². The van der Waals surface area contributed by atoms with Gasteiger partial charge in [0.25, 0.3) is 0 Å². The Bertz CT molecular complexity index is 552. The molecule has 0 atom stereocenters. The number of hydrogen-bond donors (Lipinski definition) is 1. The fourth-order valence-corrected chi connectivity index (χ4v) is 2.12. The molecule has 0 aliphatic heterocycles. The van der Waals surface area contributed by atoms with E-state index >= 15 is 0 Å². The number of nitrogens with zero attached hydrogens (tertiary/aromatic N) is 1. The summed E-state index contributed by atoms with van der Waals surface area (Å²) >= 11 is 0. The Kier molecular flexibility index (Phi) is 5.13. The van der Waals surface area contributed by atoms with Crippen molar-refractivity contribution >= 4 is 0 Å². The Morgan fingerprint density at radius 1 is 1.20 bits per heavy atom. The molecule has 0 saturated heterocycles. The van der Waals surface area contributed by atoms with Crippen LogP contribution >= 0.6 is 0 Å². The van der Waals surface area contributed by atoms with Gasteiger partial charge in [0.2, 0.25) is 0 Å². The number of nitrogens with one attached hydrogen (secondary N) is 1. The van der Waals surface area contributed by atoms with Crippen molar-refractivity contribution in [3.8, 4) is 16.9 Å². The van der Waals surface area contributed by atoms with Gasteiger partial charge >= 0.3 is 0 Å². The van der Waals surface area contributed by atoms with Crippen LogP contribution in [0, 0.1) is 0 Å². The second-order valence-corrected chi connectivity index (χ2v) is 5.01. The molecule has 0 aliphatic carbocycles. The normalized spacial score (nSPS) is 10.8. The van der Waals surface area contributed by atoms with E-state index in [2.05, 4.69) is 47.6 Å². The van der Waals surface area contributed by atoms with E-state index in [0.29, 0.717) is 0 Å². The molecule has 0 unspecified atom stereocenters. The number of hydrogen-bond acceptors (Lipinski definition) is 3. The van der Waals surface area contributed by atoms with Crippen molar-refractivity contribution in [1.82, 2.24) is 10.3 Å². The molecule has 1 N–H and O–H groups in total. The Hall–Kier alpha value is -1.87. The van der Waals surface area contributed by atoms with Crippen molar-refractivity contribution in [2.45, 2.75) is 33.4 Å². The van der Waals surface area contributed by atoms with Crippen molar-refractivity contribution in [1.29, 1.82) is 0 Å². The van der Waals surface area contributed by atoms with E-state index in [0.717, 1.165) is 24.4 Å². The molecular formula is C17H22N2O. The zero-order valence-corrected chi connectivity index (χ0v) is 12.4. The molecule has 0 aliphatic rings. The average Bonchev–Trinajstić information content (AvgIpc) is 2.45. The van der Waals surface area contributed by atoms with Crippen LogP contribution in [0.2, 0.25) is 0 Å². The first kappa shape index (κ1) is 14.5. The maximum atomic E-state index is 5.72. The molecule has 2 rings (SSSR count). The molecule has 2 aromatic rings. The lowest BCUT2D eigenvalue weighted by Gasteiger charge is -2.13. The van der Waals surface area contributed by atoms with Crippen LogP contribution in [0.1, 0.15) is 26.3 Å². The van der Waals surface area contributed by atoms with Crippen molar-refractivity contribution in [2.24, 2.45) is 0 Å². The molecule has 0 amide bonds. The summed E-state index contributed by atoms with van der Waals surface area (Å²) < 4.78 is 5.72. The Morgan fingerprint density at radius 2 is 2.00 bits per heavy atom. The Morgan fingerprint density at radius 3 is 2.75 bits per heavy atom. The standard InChI is InChI=1S/C17H22N2O/c1-4-18-10-14-7-5-6-8-17(14)15-9-16(12-19-11-15)20-13(2)3/h5-9,11-13,18H,4,10H2,1-3H3. The zero-order valence-electron chi connectivity index (χ0n) is 12.4. The van der Waals surface area contributed by atoms with Crippen molar-refractivity contribution in [3.05, 3.63) is 48.3 Å². The summed E-state index contributed by atoms with van der Waals surface area (Å²) in [5.74, 6) is 0.816. The highest BCUT2D eigenvalue weighted by Crippen LogP contribution is 2.26. The summed E-state index contributed by atoms with van der Waals surface area (Å²) in [5.41, 5.74) is 3.57. The average molecular weight is 270 g/mol. The maximum Gasteiger partial charge on any atom is 0.138 e. The molecule has 1 aromatic carbocycles. The first-order valence-electron chi connectivity index (χ1n) is 7.11. The predicted octanol–water partition coefficient (Wildman–Crippen LogP) is 3.65. The molecule has 0 radical (unpaired) electrons. The number of aromatic nitrogens is 1. The van der Waals surface area contributed by atoms with Gasteiger partial charge < -0.3 is 10.1 Å². The zero-order chi connectivity index (χ0) is 14.4. The third kappa shape index (κ3) is 3.81. The highest BCUT2D eigenvalue weighted by Gasteiger charge is 2.06. The maximum absolute atomic E-state index is 5.72. The minimum absolute atomic E-state index is 0.157. The van der Waals surface area contributed by atoms with Crippen molar-refractivity contribution in [3.63, 3.8) is 0 Å². The van der Waals surface area contributed by atoms with Crippen LogP contribution in [0.25, 0.3) is 11.1 Å². The third-order valence-electron chi connectivity index (χ3n) is 2.98. The minimum Gasteiger partial charge on any atom is -0.489 e. The first-order chi connectivity index (χ1) is 9.70. The molecular weight excluding hydrogens is 248 g/mol. The van der Waals surface area contributed by atoms with Gasteiger partial charge in [-0.15, -0.1) is 0 Å². The molecule has 1 heterocycles. The van der Waals surface area contributed by atoms with Gasteiger partial charge in [0.15, 0.2) is 0 Å². The third-order valence-corrected chi connectivity index (χ3v) is 2.98. The van der Waals surface area contributed by atoms with Crippen LogP contribution in [0.4, 0.5) is 0 Å². The van der Waals surface area contributed by atoms with E-state index in [4.69, 9.17) is 4.74 Å². The van der Waals surface area contributed by atoms with Gasteiger partial charge in [-0.2, -0.15) is 0 Å². The second-order valence-electron chi connectivity index (χ2n) is 5.01. The second kappa shape index (κ2) is 7.06. The van der Waals surface area contributed by atoms with Gasteiger partial charge in [0.1, 0.15) is 5.75 Å². The fourth-order valence-electron chi connectivity index (χ4n) is 2.12. The molecule has 106 valence electrons. The topological polar surface area (TPSA) is 34.2 Å². The molecule has 0 fully saturated rings. The van der Waals surface area contributed by atoms with Gasteiger partial charge in [-0.05, 0) is 37.6 Å². The van der Waals surface area contributed by atoms with Crippen LogP contribution < -0.4 is 10.1 Å². The predicted molar refractivity (Wildman–Crippen MR) is 82.8 cm³/mol. The van der Waals surface area contributed by atoms with Crippen LogP contribution in [-0.4, -0.2) is 17.6 Å². The number of ether oxygens (including phenoxy) is 1. The Labute approximate surface area is 121 Å². The van der Waals surface area contributed by atoms with Gasteiger partial charge in [-0.1, -0.05) is 31.2 Å². The summed E-state index contributed by atoms with van der Waals surface area (Å²) in [4.78, 5) is 4.29. The lowest BCUT2D eigenvalue weighted by atomic mass is 10.0. The summed E-state index contributed by atoms with van der Waals surface area (Å²) in [6.45, 7) is 7.98. The minimum atomic E-state index is 0.157.